The van der Waals surface area contributed by atoms with Crippen molar-refractivity contribution in [1.82, 2.24) is 14.3 Å². The van der Waals surface area contributed by atoms with Crippen LogP contribution in [0.5, 0.6) is 5.75 Å². The molecule has 2 aromatic carbocycles. The van der Waals surface area contributed by atoms with Gasteiger partial charge in [0.2, 0.25) is 0 Å². The molecule has 0 saturated carbocycles. The van der Waals surface area contributed by atoms with Crippen molar-refractivity contribution in [2.24, 2.45) is 0 Å². The minimum atomic E-state index is -3.48. The zero-order valence-corrected chi connectivity index (χ0v) is 19.0. The third kappa shape index (κ3) is 5.44. The lowest BCUT2D eigenvalue weighted by molar-refractivity contribution is 0.0930. The lowest BCUT2D eigenvalue weighted by Crippen LogP contribution is -2.52. The van der Waals surface area contributed by atoms with Gasteiger partial charge in [-0.15, -0.1) is 0 Å². The second-order valence-corrected chi connectivity index (χ2v) is 9.58. The van der Waals surface area contributed by atoms with Gasteiger partial charge < -0.3 is 10.1 Å². The van der Waals surface area contributed by atoms with E-state index in [9.17, 15) is 13.2 Å². The Bertz CT molecular complexity index is 971. The van der Waals surface area contributed by atoms with Crippen molar-refractivity contribution >= 4 is 16.1 Å². The maximum Gasteiger partial charge on any atom is 0.279 e. The standard InChI is InChI=1S/C23H31N3O4S/c1-3-15-25-31(28,29)26-16-13-23(14-17-26,19-9-5-4-6-10-19)18-24-22(27)20-11-7-8-12-21(20)30-2/h4-12,25H,3,13-18H2,1-2H3,(H,24,27). The van der Waals surface area contributed by atoms with Crippen molar-refractivity contribution < 1.29 is 17.9 Å². The van der Waals surface area contributed by atoms with Gasteiger partial charge >= 0.3 is 0 Å². The summed E-state index contributed by atoms with van der Waals surface area (Å²) in [4.78, 5) is 12.9. The van der Waals surface area contributed by atoms with Crippen LogP contribution in [0, 0.1) is 0 Å². The lowest BCUT2D eigenvalue weighted by atomic mass is 9.73. The lowest BCUT2D eigenvalue weighted by Gasteiger charge is -2.41. The molecule has 2 N–H and O–H groups in total. The number of hydrogen-bond donors (Lipinski definition) is 2. The molecule has 2 aromatic rings. The largest absolute Gasteiger partial charge is 0.496 e. The number of methoxy groups -OCH3 is 1. The maximum absolute atomic E-state index is 12.9. The topological polar surface area (TPSA) is 87.7 Å². The highest BCUT2D eigenvalue weighted by Crippen LogP contribution is 2.36. The SMILES string of the molecule is CCCNS(=O)(=O)N1CCC(CNC(=O)c2ccccc2OC)(c2ccccc2)CC1. The molecule has 1 aliphatic heterocycles. The summed E-state index contributed by atoms with van der Waals surface area (Å²) in [5.74, 6) is 0.323. The molecule has 31 heavy (non-hydrogen) atoms. The minimum absolute atomic E-state index is 0.201. The van der Waals surface area contributed by atoms with E-state index >= 15 is 0 Å². The van der Waals surface area contributed by atoms with Crippen LogP contribution in [0.3, 0.4) is 0 Å². The molecule has 1 heterocycles. The van der Waals surface area contributed by atoms with Gasteiger partial charge in [-0.25, -0.2) is 4.72 Å². The van der Waals surface area contributed by atoms with E-state index in [4.69, 9.17) is 4.74 Å². The Labute approximate surface area is 185 Å². The second-order valence-electron chi connectivity index (χ2n) is 7.83. The Hall–Kier alpha value is -2.42. The smallest absolute Gasteiger partial charge is 0.279 e. The molecule has 0 aliphatic carbocycles. The van der Waals surface area contributed by atoms with Crippen molar-refractivity contribution in [2.75, 3.05) is 33.3 Å². The van der Waals surface area contributed by atoms with Gasteiger partial charge in [0.1, 0.15) is 5.75 Å². The number of hydrogen-bond acceptors (Lipinski definition) is 4. The van der Waals surface area contributed by atoms with Crippen molar-refractivity contribution in [3.63, 3.8) is 0 Å². The first-order valence-corrected chi connectivity index (χ1v) is 12.1. The van der Waals surface area contributed by atoms with Gasteiger partial charge in [-0.3, -0.25) is 4.79 Å². The van der Waals surface area contributed by atoms with E-state index in [2.05, 4.69) is 22.2 Å². The number of carbonyl (C=O) groups excluding carboxylic acids is 1. The zero-order chi connectivity index (χ0) is 22.3. The molecular weight excluding hydrogens is 414 g/mol. The average molecular weight is 446 g/mol. The fourth-order valence-corrected chi connectivity index (χ4v) is 5.32. The number of nitrogens with one attached hydrogen (secondary N) is 2. The fraction of sp³-hybridized carbons (Fsp3) is 0.435. The van der Waals surface area contributed by atoms with E-state index in [1.165, 1.54) is 4.31 Å². The highest BCUT2D eigenvalue weighted by atomic mass is 32.2. The van der Waals surface area contributed by atoms with Crippen LogP contribution in [0.1, 0.15) is 42.1 Å². The fourth-order valence-electron chi connectivity index (χ4n) is 4.01. The Morgan fingerprint density at radius 2 is 1.71 bits per heavy atom. The van der Waals surface area contributed by atoms with E-state index in [1.54, 1.807) is 25.3 Å². The van der Waals surface area contributed by atoms with E-state index < -0.39 is 10.2 Å². The molecule has 3 rings (SSSR count). The van der Waals surface area contributed by atoms with Crippen molar-refractivity contribution in [3.8, 4) is 5.75 Å². The normalized spacial score (nSPS) is 16.6. The molecule has 0 spiro atoms. The molecule has 1 fully saturated rings. The average Bonchev–Trinajstić information content (AvgIpc) is 2.82. The van der Waals surface area contributed by atoms with Crippen LogP contribution in [0.25, 0.3) is 0 Å². The predicted molar refractivity (Wildman–Crippen MR) is 121 cm³/mol. The molecule has 0 aromatic heterocycles. The second kappa shape index (κ2) is 10.3. The number of piperidine rings is 1. The van der Waals surface area contributed by atoms with Crippen molar-refractivity contribution in [1.29, 1.82) is 0 Å². The summed E-state index contributed by atoms with van der Waals surface area (Å²) < 4.78 is 34.6. The first kappa shape index (κ1) is 23.2. The number of amides is 1. The summed E-state index contributed by atoms with van der Waals surface area (Å²) in [7, 11) is -1.94. The van der Waals surface area contributed by atoms with Crippen LogP contribution >= 0.6 is 0 Å². The van der Waals surface area contributed by atoms with Gasteiger partial charge in [0, 0.05) is 31.6 Å². The Morgan fingerprint density at radius 3 is 2.35 bits per heavy atom. The molecule has 1 aliphatic rings. The molecular formula is C23H31N3O4S. The summed E-state index contributed by atoms with van der Waals surface area (Å²) in [5.41, 5.74) is 1.25. The molecule has 1 saturated heterocycles. The predicted octanol–water partition coefficient (Wildman–Crippen LogP) is 2.70. The van der Waals surface area contributed by atoms with Crippen LogP contribution in [-0.2, 0) is 15.6 Å². The number of ether oxygens (including phenoxy) is 1. The number of benzene rings is 2. The van der Waals surface area contributed by atoms with Crippen LogP contribution in [0.15, 0.2) is 54.6 Å². The van der Waals surface area contributed by atoms with Crippen molar-refractivity contribution in [2.45, 2.75) is 31.6 Å². The molecule has 0 unspecified atom stereocenters. The molecule has 0 atom stereocenters. The van der Waals surface area contributed by atoms with E-state index in [0.29, 0.717) is 50.3 Å². The molecule has 168 valence electrons. The summed E-state index contributed by atoms with van der Waals surface area (Å²) in [5, 5.41) is 3.07. The summed E-state index contributed by atoms with van der Waals surface area (Å²) >= 11 is 0. The zero-order valence-electron chi connectivity index (χ0n) is 18.1. The third-order valence-corrected chi connectivity index (χ3v) is 7.49. The van der Waals surface area contributed by atoms with Gasteiger partial charge in [-0.05, 0) is 37.0 Å². The van der Waals surface area contributed by atoms with Crippen LogP contribution < -0.4 is 14.8 Å². The summed E-state index contributed by atoms with van der Waals surface area (Å²) in [6, 6.07) is 17.1. The van der Waals surface area contributed by atoms with Gasteiger partial charge in [0.15, 0.2) is 0 Å². The van der Waals surface area contributed by atoms with E-state index in [1.807, 2.05) is 31.2 Å². The highest BCUT2D eigenvalue weighted by Gasteiger charge is 2.39. The van der Waals surface area contributed by atoms with Crippen LogP contribution in [0.4, 0.5) is 0 Å². The number of nitrogens with zero attached hydrogens (tertiary/aromatic N) is 1. The molecule has 8 heteroatoms. The molecule has 1 amide bonds. The number of rotatable bonds is 9. The quantitative estimate of drug-likeness (QED) is 0.621. The number of para-hydroxylation sites is 1. The highest BCUT2D eigenvalue weighted by molar-refractivity contribution is 7.87. The van der Waals surface area contributed by atoms with Crippen LogP contribution in [0.2, 0.25) is 0 Å². The monoisotopic (exact) mass is 445 g/mol. The van der Waals surface area contributed by atoms with E-state index in [0.717, 1.165) is 12.0 Å². The summed E-state index contributed by atoms with van der Waals surface area (Å²) in [6.07, 6.45) is 1.99. The third-order valence-electron chi connectivity index (χ3n) is 5.88. The Kier molecular flexibility index (Phi) is 7.69. The van der Waals surface area contributed by atoms with Crippen LogP contribution in [-0.4, -0.2) is 51.9 Å². The van der Waals surface area contributed by atoms with Crippen molar-refractivity contribution in [3.05, 3.63) is 65.7 Å². The van der Waals surface area contributed by atoms with E-state index in [-0.39, 0.29) is 11.3 Å². The first-order valence-electron chi connectivity index (χ1n) is 10.6. The molecule has 0 radical (unpaired) electrons. The van der Waals surface area contributed by atoms with Gasteiger partial charge in [-0.1, -0.05) is 49.4 Å². The van der Waals surface area contributed by atoms with Gasteiger partial charge in [0.25, 0.3) is 16.1 Å². The first-order chi connectivity index (χ1) is 14.9. The number of carbonyl (C=O) groups is 1. The molecule has 0 bridgehead atoms. The van der Waals surface area contributed by atoms with Gasteiger partial charge in [0.05, 0.1) is 12.7 Å². The molecule has 7 nitrogen and oxygen atoms in total. The summed E-state index contributed by atoms with van der Waals surface area (Å²) in [6.45, 7) is 3.59. The Balaban J connectivity index is 1.77. The Morgan fingerprint density at radius 1 is 1.06 bits per heavy atom. The minimum Gasteiger partial charge on any atom is -0.496 e. The van der Waals surface area contributed by atoms with Gasteiger partial charge in [-0.2, -0.15) is 12.7 Å². The maximum atomic E-state index is 12.9.